The zero-order valence-corrected chi connectivity index (χ0v) is 5.70. The number of imidazole rings is 1. The number of hydrogen-bond acceptors (Lipinski definition) is 3. The normalized spacial score (nSPS) is 14.1. The maximum atomic E-state index is 5.14. The molecule has 0 fully saturated rings. The lowest BCUT2D eigenvalue weighted by Gasteiger charge is -1.97. The summed E-state index contributed by atoms with van der Waals surface area (Å²) in [4.78, 5) is 3.98. The van der Waals surface area contributed by atoms with Crippen LogP contribution in [0.15, 0.2) is 6.33 Å². The first-order valence-electron chi connectivity index (χ1n) is 3.22. The molecule has 1 aliphatic rings. The van der Waals surface area contributed by atoms with E-state index in [0.717, 1.165) is 12.4 Å². The summed E-state index contributed by atoms with van der Waals surface area (Å²) in [6, 6.07) is 0. The maximum absolute atomic E-state index is 5.14. The third-order valence-corrected chi connectivity index (χ3v) is 1.49. The van der Waals surface area contributed by atoms with Crippen LogP contribution in [0.4, 0.5) is 0 Å². The van der Waals surface area contributed by atoms with Crippen molar-refractivity contribution in [3.63, 3.8) is 0 Å². The Morgan fingerprint density at radius 3 is 3.40 bits per heavy atom. The van der Waals surface area contributed by atoms with E-state index < -0.39 is 0 Å². The third kappa shape index (κ3) is 0.586. The molecule has 0 aliphatic carbocycles. The van der Waals surface area contributed by atoms with Gasteiger partial charge in [0, 0.05) is 6.54 Å². The first-order valence-corrected chi connectivity index (χ1v) is 3.22. The molecule has 0 atom stereocenters. The number of ether oxygens (including phenoxy) is 2. The lowest BCUT2D eigenvalue weighted by Crippen LogP contribution is -2.00. The van der Waals surface area contributed by atoms with Gasteiger partial charge in [-0.1, -0.05) is 0 Å². The maximum Gasteiger partial charge on any atom is 0.280 e. The second-order valence-corrected chi connectivity index (χ2v) is 2.05. The predicted octanol–water partition coefficient (Wildman–Crippen LogP) is 0.632. The van der Waals surface area contributed by atoms with E-state index in [9.17, 15) is 0 Å². The van der Waals surface area contributed by atoms with Crippen LogP contribution in [0.1, 0.15) is 6.92 Å². The van der Waals surface area contributed by atoms with Gasteiger partial charge in [-0.2, -0.15) is 4.98 Å². The van der Waals surface area contributed by atoms with Crippen molar-refractivity contribution in [1.29, 1.82) is 0 Å². The van der Waals surface area contributed by atoms with E-state index >= 15 is 0 Å². The largest absolute Gasteiger partial charge is 0.437 e. The molecule has 4 nitrogen and oxygen atoms in total. The van der Waals surface area contributed by atoms with Crippen molar-refractivity contribution < 1.29 is 9.47 Å². The van der Waals surface area contributed by atoms with Gasteiger partial charge in [0.15, 0.2) is 0 Å². The van der Waals surface area contributed by atoms with Crippen molar-refractivity contribution in [2.75, 3.05) is 6.79 Å². The number of nitrogens with zero attached hydrogens (tertiary/aromatic N) is 2. The van der Waals surface area contributed by atoms with Crippen LogP contribution >= 0.6 is 0 Å². The van der Waals surface area contributed by atoms with Crippen LogP contribution in [-0.4, -0.2) is 16.3 Å². The Labute approximate surface area is 58.4 Å². The fraction of sp³-hybridized carbons (Fsp3) is 0.500. The molecule has 0 saturated carbocycles. The van der Waals surface area contributed by atoms with Gasteiger partial charge in [0.1, 0.15) is 6.33 Å². The molecular weight excluding hydrogens is 132 g/mol. The Morgan fingerprint density at radius 2 is 2.60 bits per heavy atom. The molecule has 0 amide bonds. The molecule has 1 aromatic rings. The SMILES string of the molecule is CCn1cnc2c1OCO2. The van der Waals surface area contributed by atoms with Crippen LogP contribution in [-0.2, 0) is 6.54 Å². The molecule has 0 bridgehead atoms. The van der Waals surface area contributed by atoms with Gasteiger partial charge in [0.2, 0.25) is 6.79 Å². The quantitative estimate of drug-likeness (QED) is 0.574. The second-order valence-electron chi connectivity index (χ2n) is 2.05. The number of hydrogen-bond donors (Lipinski definition) is 0. The molecule has 0 unspecified atom stereocenters. The molecule has 54 valence electrons. The highest BCUT2D eigenvalue weighted by Crippen LogP contribution is 2.29. The lowest BCUT2D eigenvalue weighted by molar-refractivity contribution is 0.161. The van der Waals surface area contributed by atoms with Crippen molar-refractivity contribution in [2.45, 2.75) is 13.5 Å². The van der Waals surface area contributed by atoms with Crippen molar-refractivity contribution in [3.05, 3.63) is 6.33 Å². The Hall–Kier alpha value is -1.19. The molecule has 2 rings (SSSR count). The van der Waals surface area contributed by atoms with Crippen LogP contribution in [0.5, 0.6) is 11.8 Å². The van der Waals surface area contributed by atoms with E-state index in [0.29, 0.717) is 12.7 Å². The molecule has 2 heterocycles. The minimum Gasteiger partial charge on any atom is -0.437 e. The second kappa shape index (κ2) is 1.90. The Bertz CT molecular complexity index is 244. The number of rotatable bonds is 1. The van der Waals surface area contributed by atoms with Gasteiger partial charge >= 0.3 is 0 Å². The highest BCUT2D eigenvalue weighted by Gasteiger charge is 2.18. The molecular formula is C6H8N2O2. The first-order chi connectivity index (χ1) is 4.92. The summed E-state index contributed by atoms with van der Waals surface area (Å²) in [7, 11) is 0. The first kappa shape index (κ1) is 5.58. The predicted molar refractivity (Wildman–Crippen MR) is 34.0 cm³/mol. The number of fused-ring (bicyclic) bond motifs is 1. The lowest BCUT2D eigenvalue weighted by atomic mass is 10.7. The molecule has 1 aromatic heterocycles. The fourth-order valence-electron chi connectivity index (χ4n) is 0.963. The molecule has 0 saturated heterocycles. The number of aromatic nitrogens is 2. The van der Waals surface area contributed by atoms with E-state index in [4.69, 9.17) is 9.47 Å². The average Bonchev–Trinajstić information content (AvgIpc) is 2.44. The van der Waals surface area contributed by atoms with Crippen molar-refractivity contribution in [3.8, 4) is 11.8 Å². The smallest absolute Gasteiger partial charge is 0.280 e. The molecule has 0 aromatic carbocycles. The van der Waals surface area contributed by atoms with Crippen LogP contribution in [0.3, 0.4) is 0 Å². The summed E-state index contributed by atoms with van der Waals surface area (Å²) < 4.78 is 12.1. The molecule has 0 spiro atoms. The molecule has 1 aliphatic heterocycles. The van der Waals surface area contributed by atoms with Crippen LogP contribution in [0.25, 0.3) is 0 Å². The van der Waals surface area contributed by atoms with Crippen LogP contribution in [0.2, 0.25) is 0 Å². The van der Waals surface area contributed by atoms with Gasteiger partial charge in [0.25, 0.3) is 11.8 Å². The van der Waals surface area contributed by atoms with E-state index in [2.05, 4.69) is 4.98 Å². The monoisotopic (exact) mass is 140 g/mol. The van der Waals surface area contributed by atoms with Crippen LogP contribution < -0.4 is 9.47 Å². The van der Waals surface area contributed by atoms with Gasteiger partial charge in [0.05, 0.1) is 0 Å². The highest BCUT2D eigenvalue weighted by atomic mass is 16.7. The summed E-state index contributed by atoms with van der Waals surface area (Å²) in [6.07, 6.45) is 1.71. The minimum absolute atomic E-state index is 0.304. The summed E-state index contributed by atoms with van der Waals surface area (Å²) in [5, 5.41) is 0. The Kier molecular flexibility index (Phi) is 1.06. The van der Waals surface area contributed by atoms with E-state index in [1.54, 1.807) is 6.33 Å². The van der Waals surface area contributed by atoms with Gasteiger partial charge in [-0.25, -0.2) is 0 Å². The van der Waals surface area contributed by atoms with Crippen molar-refractivity contribution in [2.24, 2.45) is 0 Å². The Balaban J connectivity index is 2.44. The van der Waals surface area contributed by atoms with Crippen molar-refractivity contribution >= 4 is 0 Å². The minimum atomic E-state index is 0.304. The Morgan fingerprint density at radius 1 is 1.70 bits per heavy atom. The standard InChI is InChI=1S/C6H8N2O2/c1-2-8-3-7-5-6(8)10-4-9-5/h3H,2,4H2,1H3. The topological polar surface area (TPSA) is 36.3 Å². The van der Waals surface area contributed by atoms with Gasteiger partial charge in [-0.05, 0) is 6.92 Å². The molecule has 0 radical (unpaired) electrons. The zero-order valence-electron chi connectivity index (χ0n) is 5.70. The van der Waals surface area contributed by atoms with Gasteiger partial charge < -0.3 is 9.47 Å². The van der Waals surface area contributed by atoms with E-state index in [1.807, 2.05) is 11.5 Å². The van der Waals surface area contributed by atoms with Gasteiger partial charge in [-0.15, -0.1) is 0 Å². The summed E-state index contributed by atoms with van der Waals surface area (Å²) in [6.45, 7) is 3.20. The summed E-state index contributed by atoms with van der Waals surface area (Å²) in [5.41, 5.74) is 0. The zero-order chi connectivity index (χ0) is 6.97. The molecule has 4 heteroatoms. The van der Waals surface area contributed by atoms with Crippen molar-refractivity contribution in [1.82, 2.24) is 9.55 Å². The fourth-order valence-corrected chi connectivity index (χ4v) is 0.963. The van der Waals surface area contributed by atoms with E-state index in [-0.39, 0.29) is 0 Å². The summed E-state index contributed by atoms with van der Waals surface area (Å²) >= 11 is 0. The van der Waals surface area contributed by atoms with Gasteiger partial charge in [-0.3, -0.25) is 4.57 Å². The molecule has 0 N–H and O–H groups in total. The number of aryl methyl sites for hydroxylation is 1. The van der Waals surface area contributed by atoms with Crippen LogP contribution in [0, 0.1) is 0 Å². The summed E-state index contributed by atoms with van der Waals surface area (Å²) in [5.74, 6) is 1.37. The van der Waals surface area contributed by atoms with E-state index in [1.165, 1.54) is 0 Å². The average molecular weight is 140 g/mol. The molecule has 10 heavy (non-hydrogen) atoms. The third-order valence-electron chi connectivity index (χ3n) is 1.49. The highest BCUT2D eigenvalue weighted by molar-refractivity contribution is 5.28.